The van der Waals surface area contributed by atoms with Crippen molar-refractivity contribution in [3.8, 4) is 0 Å². The minimum Gasteiger partial charge on any atom is -0.350 e. The number of sulfonamides is 1. The summed E-state index contributed by atoms with van der Waals surface area (Å²) in [6, 6.07) is 13.7. The second kappa shape index (κ2) is 7.50. The number of benzene rings is 2. The highest BCUT2D eigenvalue weighted by Crippen LogP contribution is 2.27. The highest BCUT2D eigenvalue weighted by atomic mass is 32.2. The number of hydrogen-bond acceptors (Lipinski definition) is 3. The second-order valence-electron chi connectivity index (χ2n) is 7.41. The lowest BCUT2D eigenvalue weighted by Crippen LogP contribution is -2.47. The Morgan fingerprint density at radius 3 is 2.19 bits per heavy atom. The first kappa shape index (κ1) is 20.0. The molecule has 0 aliphatic heterocycles. The van der Waals surface area contributed by atoms with Gasteiger partial charge < -0.3 is 5.32 Å². The van der Waals surface area contributed by atoms with Crippen molar-refractivity contribution in [2.75, 3.05) is 10.8 Å². The third-order valence-corrected chi connectivity index (χ3v) is 5.53. The average molecular weight is 375 g/mol. The molecule has 0 saturated heterocycles. The first-order valence-corrected chi connectivity index (χ1v) is 9.91. The van der Waals surface area contributed by atoms with Gasteiger partial charge in [-0.3, -0.25) is 9.10 Å². The minimum absolute atomic E-state index is 0.156. The smallest absolute Gasteiger partial charge is 0.264 e. The normalized spacial score (nSPS) is 11.9. The second-order valence-corrected chi connectivity index (χ2v) is 9.28. The number of nitrogens with one attached hydrogen (secondary N) is 1. The summed E-state index contributed by atoms with van der Waals surface area (Å²) in [6.07, 6.45) is 0. The number of amides is 1. The molecule has 1 amide bonds. The summed E-state index contributed by atoms with van der Waals surface area (Å²) in [4.78, 5) is 12.6. The predicted octanol–water partition coefficient (Wildman–Crippen LogP) is 3.41. The quantitative estimate of drug-likeness (QED) is 0.872. The lowest BCUT2D eigenvalue weighted by Gasteiger charge is -2.28. The number of nitrogens with zero attached hydrogens (tertiary/aromatic N) is 1. The number of aryl methyl sites for hydroxylation is 2. The highest BCUT2D eigenvalue weighted by molar-refractivity contribution is 7.92. The number of carbonyl (C=O) groups is 1. The van der Waals surface area contributed by atoms with E-state index in [0.717, 1.165) is 11.1 Å². The van der Waals surface area contributed by atoms with Gasteiger partial charge in [-0.25, -0.2) is 8.42 Å². The Bertz CT molecular complexity index is 885. The van der Waals surface area contributed by atoms with E-state index in [9.17, 15) is 13.2 Å². The van der Waals surface area contributed by atoms with Crippen LogP contribution in [0.3, 0.4) is 0 Å². The topological polar surface area (TPSA) is 66.5 Å². The Labute approximate surface area is 156 Å². The molecule has 1 N–H and O–H groups in total. The van der Waals surface area contributed by atoms with Gasteiger partial charge in [-0.15, -0.1) is 0 Å². The van der Waals surface area contributed by atoms with Gasteiger partial charge in [-0.05, 0) is 58.4 Å². The number of rotatable bonds is 5. The average Bonchev–Trinajstić information content (AvgIpc) is 2.52. The summed E-state index contributed by atoms with van der Waals surface area (Å²) in [7, 11) is -3.87. The third-order valence-electron chi connectivity index (χ3n) is 3.75. The maximum Gasteiger partial charge on any atom is 0.264 e. The van der Waals surface area contributed by atoms with Crippen LogP contribution in [0.25, 0.3) is 0 Å². The molecule has 140 valence electrons. The molecule has 0 saturated carbocycles. The molecule has 0 heterocycles. The van der Waals surface area contributed by atoms with Crippen LogP contribution < -0.4 is 9.62 Å². The van der Waals surface area contributed by atoms with Crippen LogP contribution >= 0.6 is 0 Å². The fraction of sp³-hybridized carbons (Fsp3) is 0.350. The Morgan fingerprint density at radius 2 is 1.65 bits per heavy atom. The summed E-state index contributed by atoms with van der Waals surface area (Å²) < 4.78 is 27.6. The van der Waals surface area contributed by atoms with Gasteiger partial charge in [-0.1, -0.05) is 35.9 Å². The Morgan fingerprint density at radius 1 is 1.04 bits per heavy atom. The first-order valence-electron chi connectivity index (χ1n) is 8.47. The van der Waals surface area contributed by atoms with Crippen molar-refractivity contribution < 1.29 is 13.2 Å². The van der Waals surface area contributed by atoms with Crippen LogP contribution in [0, 0.1) is 13.8 Å². The largest absolute Gasteiger partial charge is 0.350 e. The summed E-state index contributed by atoms with van der Waals surface area (Å²) in [6.45, 7) is 9.09. The molecule has 0 radical (unpaired) electrons. The number of hydrogen-bond donors (Lipinski definition) is 1. The van der Waals surface area contributed by atoms with Crippen LogP contribution in [-0.2, 0) is 14.8 Å². The number of anilines is 1. The van der Waals surface area contributed by atoms with Crippen molar-refractivity contribution in [3.05, 3.63) is 59.7 Å². The molecule has 2 rings (SSSR count). The summed E-state index contributed by atoms with van der Waals surface area (Å²) in [5, 5.41) is 2.83. The van der Waals surface area contributed by atoms with Gasteiger partial charge in [0.05, 0.1) is 10.6 Å². The van der Waals surface area contributed by atoms with Gasteiger partial charge in [0.25, 0.3) is 10.0 Å². The van der Waals surface area contributed by atoms with Crippen molar-refractivity contribution in [3.63, 3.8) is 0 Å². The maximum absolute atomic E-state index is 13.2. The summed E-state index contributed by atoms with van der Waals surface area (Å²) in [5.74, 6) is -0.350. The van der Waals surface area contributed by atoms with Gasteiger partial charge in [0.1, 0.15) is 6.54 Å². The molecule has 5 nitrogen and oxygen atoms in total. The van der Waals surface area contributed by atoms with Crippen molar-refractivity contribution in [1.82, 2.24) is 5.32 Å². The van der Waals surface area contributed by atoms with E-state index in [0.29, 0.717) is 5.69 Å². The molecule has 0 aliphatic carbocycles. The standard InChI is InChI=1S/C20H26N2O3S/c1-15-11-12-18(16(2)13-15)22(14-19(23)21-20(3,4)5)26(24,25)17-9-7-6-8-10-17/h6-13H,14H2,1-5H3,(H,21,23). The van der Waals surface area contributed by atoms with E-state index in [1.165, 1.54) is 16.4 Å². The van der Waals surface area contributed by atoms with Gasteiger partial charge >= 0.3 is 0 Å². The molecule has 2 aromatic rings. The molecule has 0 spiro atoms. The van der Waals surface area contributed by atoms with E-state index in [-0.39, 0.29) is 17.3 Å². The zero-order chi connectivity index (χ0) is 19.5. The molecule has 0 aromatic heterocycles. The molecular weight excluding hydrogens is 348 g/mol. The van der Waals surface area contributed by atoms with E-state index < -0.39 is 15.6 Å². The van der Waals surface area contributed by atoms with Crippen LogP contribution in [0.5, 0.6) is 0 Å². The van der Waals surface area contributed by atoms with Gasteiger partial charge in [-0.2, -0.15) is 0 Å². The lowest BCUT2D eigenvalue weighted by molar-refractivity contribution is -0.121. The molecule has 0 fully saturated rings. The van der Waals surface area contributed by atoms with Crippen molar-refractivity contribution in [2.45, 2.75) is 45.1 Å². The SMILES string of the molecule is Cc1ccc(N(CC(=O)NC(C)(C)C)S(=O)(=O)c2ccccc2)c(C)c1. The number of carbonyl (C=O) groups excluding carboxylic acids is 1. The van der Waals surface area contributed by atoms with Gasteiger partial charge in [0.15, 0.2) is 0 Å². The Kier molecular flexibility index (Phi) is 5.76. The Hall–Kier alpha value is -2.34. The van der Waals surface area contributed by atoms with Gasteiger partial charge in [0, 0.05) is 5.54 Å². The highest BCUT2D eigenvalue weighted by Gasteiger charge is 2.29. The Balaban J connectivity index is 2.50. The van der Waals surface area contributed by atoms with Crippen LogP contribution in [0.2, 0.25) is 0 Å². The molecule has 0 atom stereocenters. The van der Waals surface area contributed by atoms with Crippen LogP contribution in [0.15, 0.2) is 53.4 Å². The van der Waals surface area contributed by atoms with E-state index in [1.54, 1.807) is 24.3 Å². The third kappa shape index (κ3) is 4.85. The molecule has 6 heteroatoms. The van der Waals surface area contributed by atoms with Crippen molar-refractivity contribution in [1.29, 1.82) is 0 Å². The fourth-order valence-electron chi connectivity index (χ4n) is 2.69. The van der Waals surface area contributed by atoms with E-state index in [1.807, 2.05) is 46.8 Å². The lowest BCUT2D eigenvalue weighted by atomic mass is 10.1. The van der Waals surface area contributed by atoms with E-state index in [2.05, 4.69) is 5.32 Å². The molecule has 2 aromatic carbocycles. The van der Waals surface area contributed by atoms with Gasteiger partial charge in [0.2, 0.25) is 5.91 Å². The summed E-state index contributed by atoms with van der Waals surface area (Å²) >= 11 is 0. The predicted molar refractivity (Wildman–Crippen MR) is 105 cm³/mol. The molecule has 26 heavy (non-hydrogen) atoms. The first-order chi connectivity index (χ1) is 12.0. The summed E-state index contributed by atoms with van der Waals surface area (Å²) in [5.41, 5.74) is 1.89. The van der Waals surface area contributed by atoms with E-state index in [4.69, 9.17) is 0 Å². The van der Waals surface area contributed by atoms with Crippen LogP contribution in [-0.4, -0.2) is 26.4 Å². The zero-order valence-corrected chi connectivity index (χ0v) is 16.7. The van der Waals surface area contributed by atoms with Crippen molar-refractivity contribution >= 4 is 21.6 Å². The monoisotopic (exact) mass is 374 g/mol. The van der Waals surface area contributed by atoms with E-state index >= 15 is 0 Å². The molecule has 0 aliphatic rings. The fourth-order valence-corrected chi connectivity index (χ4v) is 4.20. The van der Waals surface area contributed by atoms with Crippen LogP contribution in [0.4, 0.5) is 5.69 Å². The maximum atomic E-state index is 13.2. The molecule has 0 unspecified atom stereocenters. The van der Waals surface area contributed by atoms with Crippen LogP contribution in [0.1, 0.15) is 31.9 Å². The van der Waals surface area contributed by atoms with Crippen molar-refractivity contribution in [2.24, 2.45) is 0 Å². The zero-order valence-electron chi connectivity index (χ0n) is 15.9. The minimum atomic E-state index is -3.87. The molecule has 0 bridgehead atoms. The molecular formula is C20H26N2O3S.